The summed E-state index contributed by atoms with van der Waals surface area (Å²) < 4.78 is 10.8. The molecular weight excluding hydrogens is 418 g/mol. The molecule has 0 radical (unpaired) electrons. The van der Waals surface area contributed by atoms with Crippen molar-refractivity contribution >= 4 is 17.4 Å². The molecule has 0 saturated carbocycles. The molecule has 8 nitrogen and oxygen atoms in total. The van der Waals surface area contributed by atoms with Crippen LogP contribution in [-0.4, -0.2) is 62.3 Å². The molecule has 2 N–H and O–H groups in total. The fourth-order valence-electron chi connectivity index (χ4n) is 3.92. The van der Waals surface area contributed by atoms with Crippen molar-refractivity contribution in [2.75, 3.05) is 56.6 Å². The number of piperazine rings is 1. The van der Waals surface area contributed by atoms with Crippen LogP contribution < -0.4 is 20.3 Å². The van der Waals surface area contributed by atoms with E-state index in [1.165, 1.54) is 0 Å². The number of rotatable bonds is 8. The third-order valence-electron chi connectivity index (χ3n) is 5.87. The number of para-hydroxylation sites is 2. The molecule has 2 amide bonds. The molecular formula is C25H31N5O3. The van der Waals surface area contributed by atoms with Crippen LogP contribution in [0.4, 0.5) is 16.2 Å². The van der Waals surface area contributed by atoms with E-state index in [1.807, 2.05) is 42.5 Å². The summed E-state index contributed by atoms with van der Waals surface area (Å²) in [7, 11) is 1.63. The number of benzene rings is 2. The van der Waals surface area contributed by atoms with Gasteiger partial charge in [-0.25, -0.2) is 9.78 Å². The number of hydrogen-bond acceptors (Lipinski definition) is 6. The first-order valence-electron chi connectivity index (χ1n) is 11.4. The first kappa shape index (κ1) is 22.7. The number of carbonyl (C=O) groups excluding carboxylic acids is 1. The number of nitrogens with one attached hydrogen (secondary N) is 2. The molecule has 4 rings (SSSR count). The Morgan fingerprint density at radius 1 is 1.09 bits per heavy atom. The quantitative estimate of drug-likeness (QED) is 0.544. The summed E-state index contributed by atoms with van der Waals surface area (Å²) in [5.41, 5.74) is 3.55. The lowest BCUT2D eigenvalue weighted by atomic mass is 10.2. The first-order valence-corrected chi connectivity index (χ1v) is 11.4. The highest BCUT2D eigenvalue weighted by Gasteiger charge is 2.18. The van der Waals surface area contributed by atoms with Gasteiger partial charge in [0.15, 0.2) is 0 Å². The monoisotopic (exact) mass is 449 g/mol. The van der Waals surface area contributed by atoms with Gasteiger partial charge in [0, 0.05) is 44.7 Å². The Labute approximate surface area is 194 Å². The number of anilines is 2. The lowest BCUT2D eigenvalue weighted by Gasteiger charge is -2.36. The molecule has 1 aromatic heterocycles. The third-order valence-corrected chi connectivity index (χ3v) is 5.87. The van der Waals surface area contributed by atoms with Crippen LogP contribution in [0.25, 0.3) is 11.5 Å². The van der Waals surface area contributed by atoms with Crippen molar-refractivity contribution in [2.45, 2.75) is 13.3 Å². The lowest BCUT2D eigenvalue weighted by Crippen LogP contribution is -2.46. The van der Waals surface area contributed by atoms with E-state index >= 15 is 0 Å². The van der Waals surface area contributed by atoms with E-state index in [0.29, 0.717) is 18.9 Å². The maximum absolute atomic E-state index is 12.5. The van der Waals surface area contributed by atoms with Crippen LogP contribution in [0.1, 0.15) is 12.6 Å². The average Bonchev–Trinajstić information content (AvgIpc) is 3.33. The Kier molecular flexibility index (Phi) is 7.47. The van der Waals surface area contributed by atoms with Gasteiger partial charge in [-0.05, 0) is 42.9 Å². The largest absolute Gasteiger partial charge is 0.497 e. The van der Waals surface area contributed by atoms with Gasteiger partial charge in [-0.3, -0.25) is 0 Å². The summed E-state index contributed by atoms with van der Waals surface area (Å²) in [4.78, 5) is 21.8. The van der Waals surface area contributed by atoms with E-state index in [1.54, 1.807) is 13.4 Å². The average molecular weight is 450 g/mol. The molecule has 0 spiro atoms. The number of carbonyl (C=O) groups is 1. The van der Waals surface area contributed by atoms with Gasteiger partial charge in [-0.15, -0.1) is 0 Å². The number of amides is 2. The first-order chi connectivity index (χ1) is 16.2. The third kappa shape index (κ3) is 5.84. The smallest absolute Gasteiger partial charge is 0.319 e. The number of hydrogen-bond donors (Lipinski definition) is 2. The molecule has 174 valence electrons. The van der Waals surface area contributed by atoms with Gasteiger partial charge < -0.3 is 29.6 Å². The van der Waals surface area contributed by atoms with Crippen molar-refractivity contribution in [3.05, 3.63) is 60.5 Å². The maximum atomic E-state index is 12.5. The molecule has 3 aromatic rings. The van der Waals surface area contributed by atoms with Gasteiger partial charge >= 0.3 is 6.03 Å². The fraction of sp³-hybridized carbons (Fsp3) is 0.360. The standard InChI is InChI=1S/C25H31N5O3/c1-3-29-14-16-30(17-15-29)23-7-5-4-6-22(23)28-25(31)26-13-12-20-18-33-24(27-20)19-8-10-21(32-2)11-9-19/h4-11,18H,3,12-17H2,1-2H3,(H2,26,28,31). The van der Waals surface area contributed by atoms with Crippen LogP contribution in [0.5, 0.6) is 5.75 Å². The van der Waals surface area contributed by atoms with Crippen molar-refractivity contribution in [3.8, 4) is 17.2 Å². The fourth-order valence-corrected chi connectivity index (χ4v) is 3.92. The van der Waals surface area contributed by atoms with Crippen LogP contribution in [0.3, 0.4) is 0 Å². The van der Waals surface area contributed by atoms with Gasteiger partial charge in [-0.1, -0.05) is 19.1 Å². The Morgan fingerprint density at radius 2 is 1.85 bits per heavy atom. The Balaban J connectivity index is 1.28. The zero-order valence-electron chi connectivity index (χ0n) is 19.2. The highest BCUT2D eigenvalue weighted by atomic mass is 16.5. The number of likely N-dealkylation sites (N-methyl/N-ethyl adjacent to an activating group) is 1. The molecule has 33 heavy (non-hydrogen) atoms. The predicted molar refractivity (Wildman–Crippen MR) is 130 cm³/mol. The van der Waals surface area contributed by atoms with Crippen LogP contribution in [0.2, 0.25) is 0 Å². The highest BCUT2D eigenvalue weighted by molar-refractivity contribution is 5.93. The summed E-state index contributed by atoms with van der Waals surface area (Å²) in [5.74, 6) is 1.33. The molecule has 1 aliphatic rings. The molecule has 1 saturated heterocycles. The van der Waals surface area contributed by atoms with E-state index in [-0.39, 0.29) is 6.03 Å². The van der Waals surface area contributed by atoms with Gasteiger partial charge in [-0.2, -0.15) is 0 Å². The second-order valence-corrected chi connectivity index (χ2v) is 7.94. The molecule has 2 heterocycles. The molecule has 0 aliphatic carbocycles. The Morgan fingerprint density at radius 3 is 2.58 bits per heavy atom. The summed E-state index contributed by atoms with van der Waals surface area (Å²) in [6, 6.07) is 15.3. The minimum atomic E-state index is -0.228. The SMILES string of the molecule is CCN1CCN(c2ccccc2NC(=O)NCCc2coc(-c3ccc(OC)cc3)n2)CC1. The van der Waals surface area contributed by atoms with E-state index in [9.17, 15) is 4.79 Å². The number of nitrogens with zero attached hydrogens (tertiary/aromatic N) is 3. The number of urea groups is 1. The number of aromatic nitrogens is 1. The van der Waals surface area contributed by atoms with Crippen molar-refractivity contribution in [1.82, 2.24) is 15.2 Å². The molecule has 0 bridgehead atoms. The number of ether oxygens (including phenoxy) is 1. The minimum absolute atomic E-state index is 0.228. The molecule has 0 atom stereocenters. The molecule has 1 fully saturated rings. The van der Waals surface area contributed by atoms with Crippen LogP contribution >= 0.6 is 0 Å². The Hall–Kier alpha value is -3.52. The lowest BCUT2D eigenvalue weighted by molar-refractivity contribution is 0.252. The van der Waals surface area contributed by atoms with Crippen molar-refractivity contribution in [2.24, 2.45) is 0 Å². The van der Waals surface area contributed by atoms with Crippen LogP contribution in [0, 0.1) is 0 Å². The molecule has 2 aromatic carbocycles. The van der Waals surface area contributed by atoms with Crippen molar-refractivity contribution in [3.63, 3.8) is 0 Å². The van der Waals surface area contributed by atoms with Gasteiger partial charge in [0.1, 0.15) is 12.0 Å². The van der Waals surface area contributed by atoms with Crippen LogP contribution in [-0.2, 0) is 6.42 Å². The molecule has 0 unspecified atom stereocenters. The van der Waals surface area contributed by atoms with Gasteiger partial charge in [0.25, 0.3) is 0 Å². The topological polar surface area (TPSA) is 82.9 Å². The number of oxazole rings is 1. The Bertz CT molecular complexity index is 1040. The van der Waals surface area contributed by atoms with Crippen LogP contribution in [0.15, 0.2) is 59.2 Å². The van der Waals surface area contributed by atoms with Crippen molar-refractivity contribution in [1.29, 1.82) is 0 Å². The van der Waals surface area contributed by atoms with E-state index in [4.69, 9.17) is 9.15 Å². The van der Waals surface area contributed by atoms with Gasteiger partial charge in [0.2, 0.25) is 5.89 Å². The molecule has 8 heteroatoms. The summed E-state index contributed by atoms with van der Waals surface area (Å²) in [5, 5.41) is 5.92. The highest BCUT2D eigenvalue weighted by Crippen LogP contribution is 2.26. The second kappa shape index (κ2) is 10.9. The van der Waals surface area contributed by atoms with Crippen molar-refractivity contribution < 1.29 is 13.9 Å². The predicted octanol–water partition coefficient (Wildman–Crippen LogP) is 3.86. The van der Waals surface area contributed by atoms with E-state index < -0.39 is 0 Å². The van der Waals surface area contributed by atoms with E-state index in [0.717, 1.165) is 61.1 Å². The van der Waals surface area contributed by atoms with Gasteiger partial charge in [0.05, 0.1) is 24.2 Å². The van der Waals surface area contributed by atoms with E-state index in [2.05, 4.69) is 38.4 Å². The molecule has 1 aliphatic heterocycles. The maximum Gasteiger partial charge on any atom is 0.319 e. The number of methoxy groups -OCH3 is 1. The normalized spacial score (nSPS) is 14.2. The minimum Gasteiger partial charge on any atom is -0.497 e. The summed E-state index contributed by atoms with van der Waals surface area (Å²) in [6.07, 6.45) is 2.21. The zero-order valence-corrected chi connectivity index (χ0v) is 19.2. The summed E-state index contributed by atoms with van der Waals surface area (Å²) >= 11 is 0. The zero-order chi connectivity index (χ0) is 23.0. The summed E-state index contributed by atoms with van der Waals surface area (Å²) in [6.45, 7) is 7.70. The second-order valence-electron chi connectivity index (χ2n) is 7.94.